The summed E-state index contributed by atoms with van der Waals surface area (Å²) in [4.78, 5) is 2.64. The predicted molar refractivity (Wildman–Crippen MR) is 97.1 cm³/mol. The maximum absolute atomic E-state index is 3.26. The predicted octanol–water partition coefficient (Wildman–Crippen LogP) is 4.90. The molecule has 0 N–H and O–H groups in total. The molecule has 1 heteroatoms. The molecule has 3 rings (SSSR count). The zero-order valence-electron chi connectivity index (χ0n) is 13.9. The van der Waals surface area contributed by atoms with E-state index in [0.717, 1.165) is 25.4 Å². The molecule has 2 aromatic carbocycles. The topological polar surface area (TPSA) is 3.24 Å². The van der Waals surface area contributed by atoms with E-state index in [0.29, 0.717) is 6.04 Å². The lowest BCUT2D eigenvalue weighted by molar-refractivity contribution is 0.153. The smallest absolute Gasteiger partial charge is 0.0601 e. The number of hydrogen-bond donors (Lipinski definition) is 0. The van der Waals surface area contributed by atoms with E-state index in [1.54, 1.807) is 0 Å². The summed E-state index contributed by atoms with van der Waals surface area (Å²) in [5.74, 6) is 7.06. The van der Waals surface area contributed by atoms with Gasteiger partial charge in [0.1, 0.15) is 0 Å². The fourth-order valence-electron chi connectivity index (χ4n) is 3.55. The third-order valence-corrected chi connectivity index (χ3v) is 4.81. The van der Waals surface area contributed by atoms with Crippen LogP contribution < -0.4 is 0 Å². The Bertz CT molecular complexity index is 603. The molecule has 118 valence electrons. The molecule has 0 spiro atoms. The zero-order valence-corrected chi connectivity index (χ0v) is 13.9. The van der Waals surface area contributed by atoms with Gasteiger partial charge >= 0.3 is 0 Å². The molecule has 2 aromatic rings. The van der Waals surface area contributed by atoms with Crippen molar-refractivity contribution < 1.29 is 0 Å². The molecule has 0 aromatic heterocycles. The Morgan fingerprint density at radius 2 is 1.43 bits per heavy atom. The van der Waals surface area contributed by atoms with Crippen LogP contribution in [0.25, 0.3) is 0 Å². The number of benzene rings is 2. The molecule has 1 saturated heterocycles. The second kappa shape index (κ2) is 7.99. The zero-order chi connectivity index (χ0) is 15.9. The Balaban J connectivity index is 1.79. The highest BCUT2D eigenvalue weighted by Gasteiger charge is 2.26. The molecular formula is C22H25N. The lowest BCUT2D eigenvalue weighted by Gasteiger charge is -2.37. The van der Waals surface area contributed by atoms with Crippen molar-refractivity contribution in [1.82, 2.24) is 4.90 Å². The maximum atomic E-state index is 3.26. The highest BCUT2D eigenvalue weighted by molar-refractivity contribution is 5.31. The van der Waals surface area contributed by atoms with Crippen molar-refractivity contribution in [3.63, 3.8) is 0 Å². The lowest BCUT2D eigenvalue weighted by Crippen LogP contribution is -2.37. The first-order chi connectivity index (χ1) is 11.4. The van der Waals surface area contributed by atoms with Gasteiger partial charge in [-0.2, -0.15) is 0 Å². The fraction of sp³-hybridized carbons (Fsp3) is 0.364. The lowest BCUT2D eigenvalue weighted by atomic mass is 9.90. The van der Waals surface area contributed by atoms with Crippen LogP contribution >= 0.6 is 0 Å². The first-order valence-corrected chi connectivity index (χ1v) is 8.62. The minimum atomic E-state index is 0.371. The summed E-state index contributed by atoms with van der Waals surface area (Å²) < 4.78 is 0. The second-order valence-electron chi connectivity index (χ2n) is 6.33. The molecule has 1 nitrogen and oxygen atoms in total. The van der Waals surface area contributed by atoms with Crippen molar-refractivity contribution >= 4 is 0 Å². The maximum Gasteiger partial charge on any atom is 0.0601 e. The van der Waals surface area contributed by atoms with Gasteiger partial charge in [-0.15, -0.1) is 11.8 Å². The molecule has 0 amide bonds. The van der Waals surface area contributed by atoms with Gasteiger partial charge in [0.05, 0.1) is 6.04 Å². The van der Waals surface area contributed by atoms with Gasteiger partial charge in [0.2, 0.25) is 0 Å². The van der Waals surface area contributed by atoms with Crippen molar-refractivity contribution in [2.75, 3.05) is 13.1 Å². The van der Waals surface area contributed by atoms with E-state index in [1.807, 2.05) is 6.92 Å². The largest absolute Gasteiger partial charge is 0.292 e. The summed E-state index contributed by atoms with van der Waals surface area (Å²) in [7, 11) is 0. The van der Waals surface area contributed by atoms with Gasteiger partial charge in [0.15, 0.2) is 0 Å². The quantitative estimate of drug-likeness (QED) is 0.726. The van der Waals surface area contributed by atoms with Crippen LogP contribution in [0.3, 0.4) is 0 Å². The van der Waals surface area contributed by atoms with Crippen LogP contribution in [0, 0.1) is 17.8 Å². The van der Waals surface area contributed by atoms with Gasteiger partial charge in [0, 0.05) is 6.42 Å². The van der Waals surface area contributed by atoms with E-state index in [-0.39, 0.29) is 0 Å². The third-order valence-electron chi connectivity index (χ3n) is 4.81. The number of likely N-dealkylation sites (tertiary alicyclic amines) is 1. The van der Waals surface area contributed by atoms with E-state index < -0.39 is 0 Å². The third kappa shape index (κ3) is 4.03. The molecule has 0 radical (unpaired) electrons. The van der Waals surface area contributed by atoms with Crippen LogP contribution in [0.1, 0.15) is 43.4 Å². The molecule has 23 heavy (non-hydrogen) atoms. The van der Waals surface area contributed by atoms with Crippen molar-refractivity contribution in [3.05, 3.63) is 71.8 Å². The van der Waals surface area contributed by atoms with E-state index in [9.17, 15) is 0 Å². The van der Waals surface area contributed by atoms with Crippen molar-refractivity contribution in [1.29, 1.82) is 0 Å². The van der Waals surface area contributed by atoms with Gasteiger partial charge in [-0.3, -0.25) is 4.90 Å². The molecule has 1 heterocycles. The molecule has 1 aliphatic rings. The van der Waals surface area contributed by atoms with Crippen molar-refractivity contribution in [2.45, 2.75) is 32.2 Å². The summed E-state index contributed by atoms with van der Waals surface area (Å²) >= 11 is 0. The summed E-state index contributed by atoms with van der Waals surface area (Å²) in [6.07, 6.45) is 3.57. The molecule has 1 aliphatic heterocycles. The van der Waals surface area contributed by atoms with Gasteiger partial charge < -0.3 is 0 Å². The Labute approximate surface area is 140 Å². The molecule has 0 unspecified atom stereocenters. The molecule has 0 aliphatic carbocycles. The monoisotopic (exact) mass is 303 g/mol. The van der Waals surface area contributed by atoms with Crippen LogP contribution in [0.2, 0.25) is 0 Å². The highest BCUT2D eigenvalue weighted by Crippen LogP contribution is 2.32. The van der Waals surface area contributed by atoms with Crippen LogP contribution in [0.5, 0.6) is 0 Å². The number of nitrogens with zero attached hydrogens (tertiary/aromatic N) is 1. The fourth-order valence-corrected chi connectivity index (χ4v) is 3.55. The van der Waals surface area contributed by atoms with Crippen LogP contribution in [0.4, 0.5) is 0 Å². The Hall–Kier alpha value is -2.04. The minimum absolute atomic E-state index is 0.371. The Morgan fingerprint density at radius 1 is 0.913 bits per heavy atom. The van der Waals surface area contributed by atoms with Crippen LogP contribution in [-0.4, -0.2) is 18.0 Å². The molecular weight excluding hydrogens is 278 g/mol. The average Bonchev–Trinajstić information content (AvgIpc) is 2.63. The standard InChI is InChI=1S/C22H25N/c1-2-3-10-19-15-17-23(18-16-19)22(20-11-6-4-7-12-20)21-13-8-5-9-14-21/h4-9,11-14,19,22H,10,15-18H2,1H3. The molecule has 1 fully saturated rings. The van der Waals surface area contributed by atoms with Gasteiger partial charge in [-0.25, -0.2) is 0 Å². The van der Waals surface area contributed by atoms with E-state index in [1.165, 1.54) is 24.0 Å². The van der Waals surface area contributed by atoms with Gasteiger partial charge in [-0.05, 0) is 49.9 Å². The Morgan fingerprint density at radius 3 is 1.91 bits per heavy atom. The van der Waals surface area contributed by atoms with E-state index >= 15 is 0 Å². The molecule has 0 bridgehead atoms. The first kappa shape index (κ1) is 15.8. The van der Waals surface area contributed by atoms with Gasteiger partial charge in [0.25, 0.3) is 0 Å². The van der Waals surface area contributed by atoms with Gasteiger partial charge in [-0.1, -0.05) is 60.7 Å². The number of piperidine rings is 1. The summed E-state index contributed by atoms with van der Waals surface area (Å²) in [6.45, 7) is 4.25. The molecule has 0 atom stereocenters. The van der Waals surface area contributed by atoms with E-state index in [2.05, 4.69) is 77.4 Å². The van der Waals surface area contributed by atoms with Crippen molar-refractivity contribution in [2.24, 2.45) is 5.92 Å². The van der Waals surface area contributed by atoms with E-state index in [4.69, 9.17) is 0 Å². The number of rotatable bonds is 4. The summed E-state index contributed by atoms with van der Waals surface area (Å²) in [6, 6.07) is 22.2. The van der Waals surface area contributed by atoms with Crippen LogP contribution in [-0.2, 0) is 0 Å². The SMILES string of the molecule is CC#CCC1CCN(C(c2ccccc2)c2ccccc2)CC1. The Kier molecular flexibility index (Phi) is 5.51. The molecule has 0 saturated carbocycles. The second-order valence-corrected chi connectivity index (χ2v) is 6.33. The first-order valence-electron chi connectivity index (χ1n) is 8.62. The normalized spacial score (nSPS) is 16.1. The minimum Gasteiger partial charge on any atom is -0.292 e. The summed E-state index contributed by atoms with van der Waals surface area (Å²) in [5.41, 5.74) is 2.79. The summed E-state index contributed by atoms with van der Waals surface area (Å²) in [5, 5.41) is 0. The van der Waals surface area contributed by atoms with Crippen molar-refractivity contribution in [3.8, 4) is 11.8 Å². The average molecular weight is 303 g/mol. The van der Waals surface area contributed by atoms with Crippen LogP contribution in [0.15, 0.2) is 60.7 Å². The highest BCUT2D eigenvalue weighted by atomic mass is 15.2. The number of hydrogen-bond acceptors (Lipinski definition) is 1.